The molecule has 0 aromatic heterocycles. The maximum atomic E-state index is 12.1. The molecule has 0 saturated carbocycles. The highest BCUT2D eigenvalue weighted by Gasteiger charge is 2.29. The van der Waals surface area contributed by atoms with Crippen LogP contribution in [-0.4, -0.2) is 42.8 Å². The van der Waals surface area contributed by atoms with Crippen LogP contribution in [0.2, 0.25) is 0 Å². The monoisotopic (exact) mass is 271 g/mol. The van der Waals surface area contributed by atoms with E-state index in [4.69, 9.17) is 9.47 Å². The Morgan fingerprint density at radius 2 is 1.84 bits per heavy atom. The van der Waals surface area contributed by atoms with E-state index in [9.17, 15) is 9.59 Å². The number of amides is 1. The SMILES string of the molecule is COC(=O)C1CCCCCN(C(=O)OC(C)(C)C)C1. The van der Waals surface area contributed by atoms with Crippen molar-refractivity contribution >= 4 is 12.1 Å². The van der Waals surface area contributed by atoms with Gasteiger partial charge >= 0.3 is 12.1 Å². The molecule has 1 saturated heterocycles. The zero-order valence-corrected chi connectivity index (χ0v) is 12.4. The molecule has 0 spiro atoms. The van der Waals surface area contributed by atoms with E-state index in [-0.39, 0.29) is 18.0 Å². The van der Waals surface area contributed by atoms with E-state index in [0.29, 0.717) is 13.1 Å². The second-order valence-corrected chi connectivity index (χ2v) is 6.00. The largest absolute Gasteiger partial charge is 0.469 e. The van der Waals surface area contributed by atoms with Crippen LogP contribution in [0.4, 0.5) is 4.79 Å². The zero-order valence-electron chi connectivity index (χ0n) is 12.4. The quantitative estimate of drug-likeness (QED) is 0.688. The number of likely N-dealkylation sites (tertiary alicyclic amines) is 1. The molecular weight excluding hydrogens is 246 g/mol. The van der Waals surface area contributed by atoms with Crippen LogP contribution >= 0.6 is 0 Å². The molecule has 0 radical (unpaired) electrons. The maximum absolute atomic E-state index is 12.1. The van der Waals surface area contributed by atoms with Gasteiger partial charge in [-0.15, -0.1) is 0 Å². The summed E-state index contributed by atoms with van der Waals surface area (Å²) in [6.07, 6.45) is 3.40. The van der Waals surface area contributed by atoms with Gasteiger partial charge in [0.05, 0.1) is 13.0 Å². The third-order valence-corrected chi connectivity index (χ3v) is 3.11. The Labute approximate surface area is 115 Å². The fraction of sp³-hybridized carbons (Fsp3) is 0.857. The van der Waals surface area contributed by atoms with E-state index >= 15 is 0 Å². The summed E-state index contributed by atoms with van der Waals surface area (Å²) >= 11 is 0. The molecule has 1 unspecified atom stereocenters. The van der Waals surface area contributed by atoms with E-state index in [1.165, 1.54) is 7.11 Å². The molecular formula is C14H25NO4. The van der Waals surface area contributed by atoms with Crippen molar-refractivity contribution < 1.29 is 19.1 Å². The van der Waals surface area contributed by atoms with Crippen LogP contribution in [0.15, 0.2) is 0 Å². The summed E-state index contributed by atoms with van der Waals surface area (Å²) in [7, 11) is 1.39. The molecule has 1 fully saturated rings. The van der Waals surface area contributed by atoms with Crippen molar-refractivity contribution in [3.63, 3.8) is 0 Å². The van der Waals surface area contributed by atoms with Gasteiger partial charge in [0.25, 0.3) is 0 Å². The van der Waals surface area contributed by atoms with Crippen molar-refractivity contribution in [2.45, 2.75) is 52.1 Å². The summed E-state index contributed by atoms with van der Waals surface area (Å²) in [6, 6.07) is 0. The first-order valence-electron chi connectivity index (χ1n) is 6.89. The number of ether oxygens (including phenoxy) is 2. The number of hydrogen-bond donors (Lipinski definition) is 0. The Kier molecular flexibility index (Phi) is 5.63. The van der Waals surface area contributed by atoms with E-state index in [1.54, 1.807) is 4.90 Å². The molecule has 19 heavy (non-hydrogen) atoms. The van der Waals surface area contributed by atoms with Crippen molar-refractivity contribution in [1.82, 2.24) is 4.90 Å². The summed E-state index contributed by atoms with van der Waals surface area (Å²) in [5.41, 5.74) is -0.514. The van der Waals surface area contributed by atoms with Crippen LogP contribution in [0.25, 0.3) is 0 Å². The second-order valence-electron chi connectivity index (χ2n) is 6.00. The van der Waals surface area contributed by atoms with Gasteiger partial charge in [0.1, 0.15) is 5.60 Å². The molecule has 0 N–H and O–H groups in total. The maximum Gasteiger partial charge on any atom is 0.410 e. The summed E-state index contributed by atoms with van der Waals surface area (Å²) < 4.78 is 10.2. The van der Waals surface area contributed by atoms with Gasteiger partial charge in [0.2, 0.25) is 0 Å². The van der Waals surface area contributed by atoms with Gasteiger partial charge in [-0.1, -0.05) is 12.8 Å². The Hall–Kier alpha value is -1.26. The fourth-order valence-electron chi connectivity index (χ4n) is 2.17. The second kappa shape index (κ2) is 6.78. The van der Waals surface area contributed by atoms with E-state index in [0.717, 1.165) is 25.7 Å². The average Bonchev–Trinajstić information content (AvgIpc) is 2.25. The molecule has 1 aliphatic heterocycles. The molecule has 5 heteroatoms. The van der Waals surface area contributed by atoms with Crippen LogP contribution in [0.3, 0.4) is 0 Å². The van der Waals surface area contributed by atoms with Crippen molar-refractivity contribution in [3.05, 3.63) is 0 Å². The number of nitrogens with zero attached hydrogens (tertiary/aromatic N) is 1. The van der Waals surface area contributed by atoms with E-state index < -0.39 is 5.60 Å². The molecule has 0 aromatic rings. The summed E-state index contributed by atoms with van der Waals surface area (Å²) in [4.78, 5) is 25.4. The predicted molar refractivity (Wildman–Crippen MR) is 71.8 cm³/mol. The van der Waals surface area contributed by atoms with Crippen LogP contribution < -0.4 is 0 Å². The number of carbonyl (C=O) groups is 2. The minimum absolute atomic E-state index is 0.238. The topological polar surface area (TPSA) is 55.8 Å². The molecule has 0 aromatic carbocycles. The van der Waals surface area contributed by atoms with Crippen LogP contribution in [0, 0.1) is 5.92 Å². The summed E-state index contributed by atoms with van der Waals surface area (Å²) in [5.74, 6) is -0.478. The van der Waals surface area contributed by atoms with Gasteiger partial charge in [0.15, 0.2) is 0 Å². The highest BCUT2D eigenvalue weighted by molar-refractivity contribution is 5.74. The highest BCUT2D eigenvalue weighted by atomic mass is 16.6. The number of hydrogen-bond acceptors (Lipinski definition) is 4. The van der Waals surface area contributed by atoms with Gasteiger partial charge in [-0.25, -0.2) is 4.79 Å². The van der Waals surface area contributed by atoms with E-state index in [2.05, 4.69) is 0 Å². The lowest BCUT2D eigenvalue weighted by molar-refractivity contribution is -0.146. The normalized spacial score (nSPS) is 21.3. The lowest BCUT2D eigenvalue weighted by Gasteiger charge is -2.31. The molecule has 5 nitrogen and oxygen atoms in total. The lowest BCUT2D eigenvalue weighted by atomic mass is 9.98. The van der Waals surface area contributed by atoms with Gasteiger partial charge in [-0.05, 0) is 33.6 Å². The lowest BCUT2D eigenvalue weighted by Crippen LogP contribution is -2.42. The van der Waals surface area contributed by atoms with Crippen LogP contribution in [0.5, 0.6) is 0 Å². The molecule has 110 valence electrons. The van der Waals surface area contributed by atoms with Crippen molar-refractivity contribution in [2.24, 2.45) is 5.92 Å². The van der Waals surface area contributed by atoms with Gasteiger partial charge in [-0.2, -0.15) is 0 Å². The average molecular weight is 271 g/mol. The third-order valence-electron chi connectivity index (χ3n) is 3.11. The first-order chi connectivity index (χ1) is 8.83. The first-order valence-corrected chi connectivity index (χ1v) is 6.89. The minimum Gasteiger partial charge on any atom is -0.469 e. The van der Waals surface area contributed by atoms with Crippen molar-refractivity contribution in [3.8, 4) is 0 Å². The third kappa shape index (κ3) is 5.49. The fourth-order valence-corrected chi connectivity index (χ4v) is 2.17. The molecule has 1 rings (SSSR count). The molecule has 1 atom stereocenters. The Morgan fingerprint density at radius 1 is 1.16 bits per heavy atom. The minimum atomic E-state index is -0.514. The number of carbonyl (C=O) groups excluding carboxylic acids is 2. The summed E-state index contributed by atoms with van der Waals surface area (Å²) in [6.45, 7) is 6.55. The Bertz CT molecular complexity index is 322. The van der Waals surface area contributed by atoms with Gasteiger partial charge in [-0.3, -0.25) is 4.79 Å². The smallest absolute Gasteiger partial charge is 0.410 e. The zero-order chi connectivity index (χ0) is 14.5. The van der Waals surface area contributed by atoms with Gasteiger partial charge < -0.3 is 14.4 Å². The number of rotatable bonds is 1. The van der Waals surface area contributed by atoms with Crippen molar-refractivity contribution in [1.29, 1.82) is 0 Å². The predicted octanol–water partition coefficient (Wildman–Crippen LogP) is 2.59. The van der Waals surface area contributed by atoms with Crippen molar-refractivity contribution in [2.75, 3.05) is 20.2 Å². The van der Waals surface area contributed by atoms with E-state index in [1.807, 2.05) is 20.8 Å². The van der Waals surface area contributed by atoms with Crippen LogP contribution in [0.1, 0.15) is 46.5 Å². The highest BCUT2D eigenvalue weighted by Crippen LogP contribution is 2.19. The molecule has 0 bridgehead atoms. The molecule has 1 aliphatic rings. The standard InChI is InChI=1S/C14H25NO4/c1-14(2,3)19-13(17)15-9-7-5-6-8-11(10-15)12(16)18-4/h11H,5-10H2,1-4H3. The molecule has 1 heterocycles. The Balaban J connectivity index is 2.68. The van der Waals surface area contributed by atoms with Gasteiger partial charge in [0, 0.05) is 13.1 Å². The Morgan fingerprint density at radius 3 is 2.42 bits per heavy atom. The van der Waals surface area contributed by atoms with Crippen LogP contribution in [-0.2, 0) is 14.3 Å². The first kappa shape index (κ1) is 15.8. The summed E-state index contributed by atoms with van der Waals surface area (Å²) in [5, 5.41) is 0. The number of methoxy groups -OCH3 is 1. The molecule has 0 aliphatic carbocycles. The number of esters is 1. The molecule has 1 amide bonds.